The summed E-state index contributed by atoms with van der Waals surface area (Å²) in [5.41, 5.74) is 2.54. The maximum Gasteiger partial charge on any atom is 0.166 e. The van der Waals surface area contributed by atoms with Crippen molar-refractivity contribution in [3.8, 4) is 6.07 Å². The molecular formula is C11H10BrN3. The van der Waals surface area contributed by atoms with E-state index in [-0.39, 0.29) is 0 Å². The van der Waals surface area contributed by atoms with Gasteiger partial charge in [-0.3, -0.25) is 0 Å². The zero-order valence-electron chi connectivity index (χ0n) is 8.53. The molecule has 0 amide bonds. The number of nitrogens with zero attached hydrogens (tertiary/aromatic N) is 3. The first-order valence-corrected chi connectivity index (χ1v) is 5.50. The molecule has 0 spiro atoms. The van der Waals surface area contributed by atoms with Gasteiger partial charge in [-0.05, 0) is 34.0 Å². The number of rotatable bonds is 1. The summed E-state index contributed by atoms with van der Waals surface area (Å²) in [6, 6.07) is 6.08. The first-order valence-electron chi connectivity index (χ1n) is 4.71. The molecule has 76 valence electrons. The summed E-state index contributed by atoms with van der Waals surface area (Å²) >= 11 is 3.38. The average Bonchev–Trinajstić information content (AvgIpc) is 2.54. The van der Waals surface area contributed by atoms with Crippen LogP contribution in [0.5, 0.6) is 0 Å². The van der Waals surface area contributed by atoms with Crippen LogP contribution in [0.1, 0.15) is 31.0 Å². The van der Waals surface area contributed by atoms with Crippen molar-refractivity contribution in [2.45, 2.75) is 19.8 Å². The van der Waals surface area contributed by atoms with Crippen molar-refractivity contribution >= 4 is 21.4 Å². The molecule has 0 unspecified atom stereocenters. The van der Waals surface area contributed by atoms with Crippen molar-refractivity contribution in [3.63, 3.8) is 0 Å². The van der Waals surface area contributed by atoms with Crippen LogP contribution in [0.4, 0.5) is 0 Å². The van der Waals surface area contributed by atoms with Crippen LogP contribution in [0, 0.1) is 11.3 Å². The number of hydrogen-bond acceptors (Lipinski definition) is 2. The van der Waals surface area contributed by atoms with Crippen LogP contribution in [0.15, 0.2) is 22.8 Å². The van der Waals surface area contributed by atoms with Crippen LogP contribution in [0.2, 0.25) is 0 Å². The van der Waals surface area contributed by atoms with Gasteiger partial charge in [-0.15, -0.1) is 0 Å². The van der Waals surface area contributed by atoms with E-state index < -0.39 is 0 Å². The Hall–Kier alpha value is -1.34. The van der Waals surface area contributed by atoms with E-state index in [0.717, 1.165) is 15.6 Å². The molecule has 0 atom stereocenters. The highest BCUT2D eigenvalue weighted by Crippen LogP contribution is 2.25. The second-order valence-electron chi connectivity index (χ2n) is 3.71. The molecule has 2 aromatic heterocycles. The van der Waals surface area contributed by atoms with Crippen molar-refractivity contribution in [2.24, 2.45) is 0 Å². The van der Waals surface area contributed by atoms with Crippen molar-refractivity contribution in [1.82, 2.24) is 9.61 Å². The van der Waals surface area contributed by atoms with Gasteiger partial charge in [0.1, 0.15) is 6.07 Å². The molecule has 0 saturated heterocycles. The first-order chi connectivity index (χ1) is 7.13. The van der Waals surface area contributed by atoms with E-state index in [2.05, 4.69) is 40.9 Å². The predicted octanol–water partition coefficient (Wildman–Crippen LogP) is 3.09. The largest absolute Gasteiger partial charge is 0.238 e. The van der Waals surface area contributed by atoms with Gasteiger partial charge < -0.3 is 0 Å². The van der Waals surface area contributed by atoms with Crippen LogP contribution < -0.4 is 0 Å². The fourth-order valence-corrected chi connectivity index (χ4v) is 2.02. The highest BCUT2D eigenvalue weighted by atomic mass is 79.9. The summed E-state index contributed by atoms with van der Waals surface area (Å²) in [4.78, 5) is 0. The number of pyridine rings is 1. The minimum atomic E-state index is 0.304. The highest BCUT2D eigenvalue weighted by molar-refractivity contribution is 9.10. The standard InChI is InChI=1S/C11H10BrN3/c1-7(2)11-9(5-13)14-15-6-8(12)3-4-10(11)15/h3-4,6-7H,1-2H3. The Kier molecular flexibility index (Phi) is 2.49. The van der Waals surface area contributed by atoms with Gasteiger partial charge in [-0.2, -0.15) is 10.4 Å². The quantitative estimate of drug-likeness (QED) is 0.794. The highest BCUT2D eigenvalue weighted by Gasteiger charge is 2.15. The zero-order valence-corrected chi connectivity index (χ0v) is 10.1. The first kappa shape index (κ1) is 10.2. The molecule has 0 radical (unpaired) electrons. The van der Waals surface area contributed by atoms with Gasteiger partial charge in [0.2, 0.25) is 0 Å². The molecule has 0 aliphatic heterocycles. The van der Waals surface area contributed by atoms with E-state index >= 15 is 0 Å². The third kappa shape index (κ3) is 1.64. The van der Waals surface area contributed by atoms with E-state index in [4.69, 9.17) is 5.26 Å². The molecule has 2 heterocycles. The van der Waals surface area contributed by atoms with Crippen molar-refractivity contribution < 1.29 is 0 Å². The van der Waals surface area contributed by atoms with Crippen LogP contribution in [-0.2, 0) is 0 Å². The summed E-state index contributed by atoms with van der Waals surface area (Å²) in [5, 5.41) is 13.2. The van der Waals surface area contributed by atoms with E-state index in [0.29, 0.717) is 11.6 Å². The summed E-state index contributed by atoms with van der Waals surface area (Å²) in [5.74, 6) is 0.304. The molecule has 0 saturated carbocycles. The lowest BCUT2D eigenvalue weighted by Gasteiger charge is -2.02. The van der Waals surface area contributed by atoms with Gasteiger partial charge in [-0.1, -0.05) is 13.8 Å². The Bertz CT molecular complexity index is 549. The normalized spacial score (nSPS) is 10.9. The third-order valence-electron chi connectivity index (χ3n) is 2.31. The van der Waals surface area contributed by atoms with Crippen molar-refractivity contribution in [2.75, 3.05) is 0 Å². The zero-order chi connectivity index (χ0) is 11.0. The van der Waals surface area contributed by atoms with Gasteiger partial charge in [0.25, 0.3) is 0 Å². The Morgan fingerprint density at radius 2 is 2.20 bits per heavy atom. The van der Waals surface area contributed by atoms with Crippen molar-refractivity contribution in [3.05, 3.63) is 34.1 Å². The minimum absolute atomic E-state index is 0.304. The molecule has 2 rings (SSSR count). The molecule has 3 nitrogen and oxygen atoms in total. The number of aromatic nitrogens is 2. The maximum absolute atomic E-state index is 9.00. The molecule has 0 bridgehead atoms. The van der Waals surface area contributed by atoms with Gasteiger partial charge in [0, 0.05) is 16.2 Å². The Balaban J connectivity index is 2.82. The van der Waals surface area contributed by atoms with E-state index in [9.17, 15) is 0 Å². The number of nitriles is 1. The molecule has 0 fully saturated rings. The SMILES string of the molecule is CC(C)c1c(C#N)nn2cc(Br)ccc12. The summed E-state index contributed by atoms with van der Waals surface area (Å²) in [6.45, 7) is 4.14. The molecule has 0 aromatic carbocycles. The minimum Gasteiger partial charge on any atom is -0.238 e. The molecule has 0 N–H and O–H groups in total. The number of hydrogen-bond donors (Lipinski definition) is 0. The molecule has 0 aliphatic carbocycles. The topological polar surface area (TPSA) is 41.1 Å². The van der Waals surface area contributed by atoms with Crippen LogP contribution in [-0.4, -0.2) is 9.61 Å². The fraction of sp³-hybridized carbons (Fsp3) is 0.273. The Labute approximate surface area is 96.5 Å². The lowest BCUT2D eigenvalue weighted by Crippen LogP contribution is -1.89. The maximum atomic E-state index is 9.00. The number of halogens is 1. The Morgan fingerprint density at radius 3 is 2.80 bits per heavy atom. The van der Waals surface area contributed by atoms with E-state index in [1.807, 2.05) is 18.3 Å². The lowest BCUT2D eigenvalue weighted by atomic mass is 10.0. The summed E-state index contributed by atoms with van der Waals surface area (Å²) in [6.07, 6.45) is 1.86. The molecule has 15 heavy (non-hydrogen) atoms. The summed E-state index contributed by atoms with van der Waals surface area (Å²) in [7, 11) is 0. The van der Waals surface area contributed by atoms with Gasteiger partial charge in [0.05, 0.1) is 5.52 Å². The predicted molar refractivity (Wildman–Crippen MR) is 61.7 cm³/mol. The third-order valence-corrected chi connectivity index (χ3v) is 2.78. The van der Waals surface area contributed by atoms with Crippen LogP contribution >= 0.6 is 15.9 Å². The molecular weight excluding hydrogens is 254 g/mol. The number of fused-ring (bicyclic) bond motifs is 1. The smallest absolute Gasteiger partial charge is 0.166 e. The fourth-order valence-electron chi connectivity index (χ4n) is 1.69. The van der Waals surface area contributed by atoms with E-state index in [1.165, 1.54) is 0 Å². The van der Waals surface area contributed by atoms with Gasteiger partial charge in [0.15, 0.2) is 5.69 Å². The van der Waals surface area contributed by atoms with E-state index in [1.54, 1.807) is 4.52 Å². The molecule has 4 heteroatoms. The Morgan fingerprint density at radius 1 is 1.47 bits per heavy atom. The summed E-state index contributed by atoms with van der Waals surface area (Å²) < 4.78 is 2.70. The lowest BCUT2D eigenvalue weighted by molar-refractivity contribution is 0.870. The average molecular weight is 264 g/mol. The van der Waals surface area contributed by atoms with Crippen LogP contribution in [0.25, 0.3) is 5.52 Å². The van der Waals surface area contributed by atoms with Crippen LogP contribution in [0.3, 0.4) is 0 Å². The second-order valence-corrected chi connectivity index (χ2v) is 4.62. The van der Waals surface area contributed by atoms with Gasteiger partial charge in [-0.25, -0.2) is 4.52 Å². The van der Waals surface area contributed by atoms with Gasteiger partial charge >= 0.3 is 0 Å². The molecule has 2 aromatic rings. The molecule has 0 aliphatic rings. The second kappa shape index (κ2) is 3.67. The monoisotopic (exact) mass is 263 g/mol. The van der Waals surface area contributed by atoms with Crippen molar-refractivity contribution in [1.29, 1.82) is 5.26 Å².